The van der Waals surface area contributed by atoms with Gasteiger partial charge in [-0.25, -0.2) is 0 Å². The molecule has 2 rings (SSSR count). The van der Waals surface area contributed by atoms with Crippen LogP contribution >= 0.6 is 0 Å². The van der Waals surface area contributed by atoms with Gasteiger partial charge < -0.3 is 5.73 Å². The van der Waals surface area contributed by atoms with Gasteiger partial charge >= 0.3 is 0 Å². The molecule has 1 amide bonds. The van der Waals surface area contributed by atoms with E-state index in [1.54, 1.807) is 6.08 Å². The van der Waals surface area contributed by atoms with E-state index in [9.17, 15) is 4.79 Å². The molecule has 0 spiro atoms. The van der Waals surface area contributed by atoms with Gasteiger partial charge in [0.1, 0.15) is 0 Å². The second-order valence-electron chi connectivity index (χ2n) is 4.81. The molecular weight excluding hydrogens is 246 g/mol. The fourth-order valence-electron chi connectivity index (χ4n) is 2.15. The molecule has 0 saturated heterocycles. The van der Waals surface area contributed by atoms with Crippen molar-refractivity contribution in [3.63, 3.8) is 0 Å². The van der Waals surface area contributed by atoms with Crippen molar-refractivity contribution in [2.45, 2.75) is 19.8 Å². The SMILES string of the molecule is CCCc1ccc(-c2cccc(/C=C\C(N)=O)c2)cc1. The lowest BCUT2D eigenvalue weighted by Gasteiger charge is -2.05. The van der Waals surface area contributed by atoms with Crippen molar-refractivity contribution in [2.24, 2.45) is 5.73 Å². The Bertz CT molecular complexity index is 612. The number of aryl methyl sites for hydroxylation is 1. The molecule has 0 bridgehead atoms. The van der Waals surface area contributed by atoms with E-state index < -0.39 is 5.91 Å². The van der Waals surface area contributed by atoms with Crippen LogP contribution in [-0.4, -0.2) is 5.91 Å². The highest BCUT2D eigenvalue weighted by Gasteiger charge is 1.99. The number of hydrogen-bond donors (Lipinski definition) is 1. The molecule has 102 valence electrons. The molecule has 0 aliphatic rings. The second kappa shape index (κ2) is 6.71. The van der Waals surface area contributed by atoms with Gasteiger partial charge in [-0.05, 0) is 40.8 Å². The molecule has 0 fully saturated rings. The molecule has 0 unspecified atom stereocenters. The third-order valence-electron chi connectivity index (χ3n) is 3.15. The van der Waals surface area contributed by atoms with Crippen LogP contribution in [0.4, 0.5) is 0 Å². The largest absolute Gasteiger partial charge is 0.366 e. The molecule has 2 N–H and O–H groups in total. The summed E-state index contributed by atoms with van der Waals surface area (Å²) >= 11 is 0. The maximum Gasteiger partial charge on any atom is 0.241 e. The number of primary amides is 1. The Morgan fingerprint density at radius 3 is 2.50 bits per heavy atom. The van der Waals surface area contributed by atoms with Gasteiger partial charge in [-0.1, -0.05) is 55.8 Å². The van der Waals surface area contributed by atoms with E-state index in [4.69, 9.17) is 5.73 Å². The molecule has 0 aromatic heterocycles. The van der Waals surface area contributed by atoms with Gasteiger partial charge in [0.2, 0.25) is 5.91 Å². The molecule has 0 aliphatic heterocycles. The van der Waals surface area contributed by atoms with Crippen LogP contribution in [0.1, 0.15) is 24.5 Å². The van der Waals surface area contributed by atoms with Crippen molar-refractivity contribution in [3.8, 4) is 11.1 Å². The third kappa shape index (κ3) is 3.82. The molecular formula is C18H19NO. The van der Waals surface area contributed by atoms with E-state index in [2.05, 4.69) is 37.3 Å². The fraction of sp³-hybridized carbons (Fsp3) is 0.167. The molecule has 20 heavy (non-hydrogen) atoms. The maximum absolute atomic E-state index is 10.8. The highest BCUT2D eigenvalue weighted by atomic mass is 16.1. The van der Waals surface area contributed by atoms with Gasteiger partial charge in [0.25, 0.3) is 0 Å². The lowest BCUT2D eigenvalue weighted by molar-refractivity contribution is -0.113. The minimum atomic E-state index is -0.431. The van der Waals surface area contributed by atoms with Crippen LogP contribution in [-0.2, 0) is 11.2 Å². The van der Waals surface area contributed by atoms with E-state index in [0.717, 1.165) is 24.0 Å². The van der Waals surface area contributed by atoms with Crippen LogP contribution in [0.5, 0.6) is 0 Å². The first-order chi connectivity index (χ1) is 9.69. The van der Waals surface area contributed by atoms with E-state index >= 15 is 0 Å². The van der Waals surface area contributed by atoms with Crippen LogP contribution in [0.25, 0.3) is 17.2 Å². The van der Waals surface area contributed by atoms with Crippen molar-refractivity contribution in [2.75, 3.05) is 0 Å². The Labute approximate surface area is 119 Å². The zero-order valence-electron chi connectivity index (χ0n) is 11.7. The molecule has 0 heterocycles. The molecule has 2 aromatic rings. The number of carbonyl (C=O) groups excluding carboxylic acids is 1. The van der Waals surface area contributed by atoms with Crippen molar-refractivity contribution in [1.29, 1.82) is 0 Å². The third-order valence-corrected chi connectivity index (χ3v) is 3.15. The number of amides is 1. The summed E-state index contributed by atoms with van der Waals surface area (Å²) in [6.07, 6.45) is 5.38. The Morgan fingerprint density at radius 1 is 1.10 bits per heavy atom. The predicted molar refractivity (Wildman–Crippen MR) is 84.1 cm³/mol. The Kier molecular flexibility index (Phi) is 4.72. The normalized spacial score (nSPS) is 10.8. The lowest BCUT2D eigenvalue weighted by atomic mass is 10.0. The summed E-state index contributed by atoms with van der Waals surface area (Å²) in [7, 11) is 0. The lowest BCUT2D eigenvalue weighted by Crippen LogP contribution is -2.05. The van der Waals surface area contributed by atoms with Gasteiger partial charge in [0.05, 0.1) is 0 Å². The quantitative estimate of drug-likeness (QED) is 0.821. The number of hydrogen-bond acceptors (Lipinski definition) is 1. The maximum atomic E-state index is 10.8. The highest BCUT2D eigenvalue weighted by Crippen LogP contribution is 2.22. The van der Waals surface area contributed by atoms with Crippen molar-refractivity contribution in [3.05, 3.63) is 65.7 Å². The van der Waals surface area contributed by atoms with Crippen molar-refractivity contribution < 1.29 is 4.79 Å². The fourth-order valence-corrected chi connectivity index (χ4v) is 2.15. The van der Waals surface area contributed by atoms with Crippen LogP contribution < -0.4 is 5.73 Å². The van der Waals surface area contributed by atoms with Gasteiger partial charge in [-0.15, -0.1) is 0 Å². The van der Waals surface area contributed by atoms with Crippen LogP contribution in [0.15, 0.2) is 54.6 Å². The Balaban J connectivity index is 2.24. The van der Waals surface area contributed by atoms with E-state index in [1.807, 2.05) is 18.2 Å². The number of benzene rings is 2. The number of rotatable bonds is 5. The van der Waals surface area contributed by atoms with Crippen LogP contribution in [0.3, 0.4) is 0 Å². The smallest absolute Gasteiger partial charge is 0.241 e. The minimum Gasteiger partial charge on any atom is -0.366 e. The standard InChI is InChI=1S/C18H19NO/c1-2-4-14-7-10-16(11-8-14)17-6-3-5-15(13-17)9-12-18(19)20/h3,5-13H,2,4H2,1H3,(H2,19,20)/b12-9-. The van der Waals surface area contributed by atoms with Gasteiger partial charge in [-0.3, -0.25) is 4.79 Å². The number of carbonyl (C=O) groups is 1. The predicted octanol–water partition coefficient (Wildman–Crippen LogP) is 3.80. The van der Waals surface area contributed by atoms with Gasteiger partial charge in [-0.2, -0.15) is 0 Å². The topological polar surface area (TPSA) is 43.1 Å². The average molecular weight is 265 g/mol. The molecule has 2 aromatic carbocycles. The summed E-state index contributed by atoms with van der Waals surface area (Å²) in [6, 6.07) is 16.7. The van der Waals surface area contributed by atoms with E-state index in [1.165, 1.54) is 17.2 Å². The molecule has 0 saturated carbocycles. The summed E-state index contributed by atoms with van der Waals surface area (Å²) in [4.78, 5) is 10.8. The number of nitrogens with two attached hydrogens (primary N) is 1. The summed E-state index contributed by atoms with van der Waals surface area (Å²) in [5.41, 5.74) is 9.76. The summed E-state index contributed by atoms with van der Waals surface area (Å²) in [6.45, 7) is 2.18. The Morgan fingerprint density at radius 2 is 1.85 bits per heavy atom. The molecule has 0 aliphatic carbocycles. The summed E-state index contributed by atoms with van der Waals surface area (Å²) in [5.74, 6) is -0.431. The van der Waals surface area contributed by atoms with E-state index in [0.29, 0.717) is 0 Å². The first-order valence-electron chi connectivity index (χ1n) is 6.86. The minimum absolute atomic E-state index is 0.431. The average Bonchev–Trinajstić information content (AvgIpc) is 2.47. The van der Waals surface area contributed by atoms with Gasteiger partial charge in [0.15, 0.2) is 0 Å². The first kappa shape index (κ1) is 14.1. The zero-order chi connectivity index (χ0) is 14.4. The summed E-state index contributed by atoms with van der Waals surface area (Å²) in [5, 5.41) is 0. The first-order valence-corrected chi connectivity index (χ1v) is 6.86. The monoisotopic (exact) mass is 265 g/mol. The molecule has 0 atom stereocenters. The molecule has 2 nitrogen and oxygen atoms in total. The molecule has 0 radical (unpaired) electrons. The highest BCUT2D eigenvalue weighted by molar-refractivity contribution is 5.90. The Hall–Kier alpha value is -2.35. The second-order valence-corrected chi connectivity index (χ2v) is 4.81. The van der Waals surface area contributed by atoms with Crippen LogP contribution in [0, 0.1) is 0 Å². The van der Waals surface area contributed by atoms with Crippen LogP contribution in [0.2, 0.25) is 0 Å². The van der Waals surface area contributed by atoms with Crippen molar-refractivity contribution >= 4 is 12.0 Å². The van der Waals surface area contributed by atoms with E-state index in [-0.39, 0.29) is 0 Å². The molecule has 2 heteroatoms. The van der Waals surface area contributed by atoms with Gasteiger partial charge in [0, 0.05) is 6.08 Å². The van der Waals surface area contributed by atoms with Crippen molar-refractivity contribution in [1.82, 2.24) is 0 Å². The summed E-state index contributed by atoms with van der Waals surface area (Å²) < 4.78 is 0. The zero-order valence-corrected chi connectivity index (χ0v) is 11.7.